The lowest BCUT2D eigenvalue weighted by Gasteiger charge is -2.31. The predicted molar refractivity (Wildman–Crippen MR) is 84.9 cm³/mol. The number of esters is 1. The first-order chi connectivity index (χ1) is 11.0. The number of likely N-dealkylation sites (tertiary alicyclic amines) is 1. The molecular weight excluding hydrogens is 298 g/mol. The number of hydrogen-bond donors (Lipinski definition) is 1. The van der Waals surface area contributed by atoms with Crippen molar-refractivity contribution in [3.63, 3.8) is 0 Å². The molecule has 23 heavy (non-hydrogen) atoms. The Bertz CT molecular complexity index is 572. The number of carboxylic acid groups (broad SMARTS) is 1. The largest absolute Gasteiger partial charge is 0.482 e. The van der Waals surface area contributed by atoms with Gasteiger partial charge >= 0.3 is 12.1 Å². The second-order valence-corrected chi connectivity index (χ2v) is 5.69. The lowest BCUT2D eigenvalue weighted by atomic mass is 9.90. The first-order valence-corrected chi connectivity index (χ1v) is 7.88. The highest BCUT2D eigenvalue weighted by atomic mass is 16.6. The molecular formula is C17H23NO5. The van der Waals surface area contributed by atoms with Gasteiger partial charge in [0.25, 0.3) is 0 Å². The van der Waals surface area contributed by atoms with Gasteiger partial charge in [-0.2, -0.15) is 0 Å². The van der Waals surface area contributed by atoms with Gasteiger partial charge in [-0.15, -0.1) is 0 Å². The number of benzene rings is 1. The van der Waals surface area contributed by atoms with E-state index in [0.717, 1.165) is 24.0 Å². The molecule has 1 aromatic carbocycles. The Hall–Kier alpha value is -2.24. The van der Waals surface area contributed by atoms with E-state index in [1.807, 2.05) is 25.1 Å². The average Bonchev–Trinajstić information content (AvgIpc) is 2.54. The zero-order valence-electron chi connectivity index (χ0n) is 13.6. The summed E-state index contributed by atoms with van der Waals surface area (Å²) in [5, 5.41) is 9.15. The number of carbonyl (C=O) groups is 2. The van der Waals surface area contributed by atoms with Crippen LogP contribution in [-0.2, 0) is 9.53 Å². The van der Waals surface area contributed by atoms with E-state index < -0.39 is 12.1 Å². The Labute approximate surface area is 136 Å². The average molecular weight is 321 g/mol. The molecule has 1 unspecified atom stereocenters. The van der Waals surface area contributed by atoms with E-state index >= 15 is 0 Å². The van der Waals surface area contributed by atoms with Gasteiger partial charge in [0, 0.05) is 19.0 Å². The van der Waals surface area contributed by atoms with E-state index in [4.69, 9.17) is 14.6 Å². The topological polar surface area (TPSA) is 76.1 Å². The van der Waals surface area contributed by atoms with Crippen molar-refractivity contribution in [3.8, 4) is 5.75 Å². The van der Waals surface area contributed by atoms with E-state index in [1.54, 1.807) is 6.92 Å². The molecule has 1 fully saturated rings. The minimum Gasteiger partial charge on any atom is -0.482 e. The molecule has 1 saturated heterocycles. The van der Waals surface area contributed by atoms with Crippen molar-refractivity contribution in [1.29, 1.82) is 0 Å². The van der Waals surface area contributed by atoms with Crippen molar-refractivity contribution >= 4 is 12.1 Å². The highest BCUT2D eigenvalue weighted by molar-refractivity contribution is 5.71. The molecule has 0 saturated carbocycles. The quantitative estimate of drug-likeness (QED) is 0.844. The molecule has 0 aromatic heterocycles. The lowest BCUT2D eigenvalue weighted by Crippen LogP contribution is -2.38. The first-order valence-electron chi connectivity index (χ1n) is 7.88. The third kappa shape index (κ3) is 4.61. The molecule has 0 spiro atoms. The summed E-state index contributed by atoms with van der Waals surface area (Å²) in [7, 11) is 0. The standard InChI is InChI=1S/C17H23NO5/c1-3-22-16(19)11-23-15-9-13(7-6-12(15)2)14-5-4-8-18(10-14)17(20)21/h6-7,9,14H,3-5,8,10-11H2,1-2H3,(H,20,21). The van der Waals surface area contributed by atoms with E-state index in [-0.39, 0.29) is 12.5 Å². The predicted octanol–water partition coefficient (Wildman–Crippen LogP) is 2.79. The normalized spacial score (nSPS) is 17.7. The molecule has 1 aliphatic rings. The van der Waals surface area contributed by atoms with Crippen LogP contribution in [0.3, 0.4) is 0 Å². The van der Waals surface area contributed by atoms with Gasteiger partial charge in [-0.1, -0.05) is 12.1 Å². The van der Waals surface area contributed by atoms with Gasteiger partial charge in [0.15, 0.2) is 6.61 Å². The number of amides is 1. The lowest BCUT2D eigenvalue weighted by molar-refractivity contribution is -0.145. The van der Waals surface area contributed by atoms with Crippen LogP contribution in [-0.4, -0.2) is 48.4 Å². The Kier molecular flexibility index (Phi) is 5.84. The second-order valence-electron chi connectivity index (χ2n) is 5.69. The van der Waals surface area contributed by atoms with Gasteiger partial charge in [-0.05, 0) is 43.9 Å². The fourth-order valence-electron chi connectivity index (χ4n) is 2.79. The summed E-state index contributed by atoms with van der Waals surface area (Å²) in [6, 6.07) is 5.85. The highest BCUT2D eigenvalue weighted by Gasteiger charge is 2.24. The fourth-order valence-corrected chi connectivity index (χ4v) is 2.79. The summed E-state index contributed by atoms with van der Waals surface area (Å²) in [6.45, 7) is 4.95. The number of ether oxygens (including phenoxy) is 2. The number of piperidine rings is 1. The molecule has 0 bridgehead atoms. The zero-order chi connectivity index (χ0) is 16.8. The van der Waals surface area contributed by atoms with Crippen molar-refractivity contribution in [2.75, 3.05) is 26.3 Å². The molecule has 6 nitrogen and oxygen atoms in total. The summed E-state index contributed by atoms with van der Waals surface area (Å²) in [4.78, 5) is 24.0. The van der Waals surface area contributed by atoms with Crippen LogP contribution in [0.25, 0.3) is 0 Å². The van der Waals surface area contributed by atoms with Crippen LogP contribution in [0.2, 0.25) is 0 Å². The van der Waals surface area contributed by atoms with E-state index in [1.165, 1.54) is 4.90 Å². The molecule has 1 heterocycles. The third-order valence-corrected chi connectivity index (χ3v) is 4.03. The highest BCUT2D eigenvalue weighted by Crippen LogP contribution is 2.30. The Morgan fingerprint density at radius 3 is 2.87 bits per heavy atom. The van der Waals surface area contributed by atoms with Gasteiger partial charge in [0.05, 0.1) is 6.61 Å². The zero-order valence-corrected chi connectivity index (χ0v) is 13.6. The maximum absolute atomic E-state index is 11.4. The van der Waals surface area contributed by atoms with Crippen LogP contribution in [0, 0.1) is 6.92 Å². The van der Waals surface area contributed by atoms with Crippen molar-refractivity contribution in [2.24, 2.45) is 0 Å². The van der Waals surface area contributed by atoms with Crippen molar-refractivity contribution < 1.29 is 24.2 Å². The maximum Gasteiger partial charge on any atom is 0.407 e. The minimum atomic E-state index is -0.874. The molecule has 1 atom stereocenters. The van der Waals surface area contributed by atoms with Crippen LogP contribution >= 0.6 is 0 Å². The van der Waals surface area contributed by atoms with Crippen molar-refractivity contribution in [3.05, 3.63) is 29.3 Å². The molecule has 2 rings (SSSR count). The number of rotatable bonds is 5. The summed E-state index contributed by atoms with van der Waals surface area (Å²) in [5.74, 6) is 0.403. The van der Waals surface area contributed by atoms with Gasteiger partial charge in [0.2, 0.25) is 0 Å². The van der Waals surface area contributed by atoms with Gasteiger partial charge in [-0.3, -0.25) is 0 Å². The van der Waals surface area contributed by atoms with Crippen molar-refractivity contribution in [1.82, 2.24) is 4.90 Å². The van der Waals surface area contributed by atoms with Crippen LogP contribution in [0.5, 0.6) is 5.75 Å². The number of hydrogen-bond acceptors (Lipinski definition) is 4. The van der Waals surface area contributed by atoms with E-state index in [9.17, 15) is 9.59 Å². The smallest absolute Gasteiger partial charge is 0.407 e. The molecule has 6 heteroatoms. The monoisotopic (exact) mass is 321 g/mol. The summed E-state index contributed by atoms with van der Waals surface area (Å²) in [6.07, 6.45) is 0.925. The van der Waals surface area contributed by atoms with Gasteiger partial charge < -0.3 is 19.5 Å². The first kappa shape index (κ1) is 17.1. The van der Waals surface area contributed by atoms with Crippen LogP contribution in [0.1, 0.15) is 36.8 Å². The van der Waals surface area contributed by atoms with Gasteiger partial charge in [0.1, 0.15) is 5.75 Å². The molecule has 1 aliphatic heterocycles. The summed E-state index contributed by atoms with van der Waals surface area (Å²) in [5.41, 5.74) is 1.98. The Morgan fingerprint density at radius 1 is 1.39 bits per heavy atom. The Morgan fingerprint density at radius 2 is 2.17 bits per heavy atom. The van der Waals surface area contributed by atoms with Crippen molar-refractivity contribution in [2.45, 2.75) is 32.6 Å². The molecule has 1 amide bonds. The summed E-state index contributed by atoms with van der Waals surface area (Å²) >= 11 is 0. The van der Waals surface area contributed by atoms with Crippen LogP contribution in [0.15, 0.2) is 18.2 Å². The number of aryl methyl sites for hydroxylation is 1. The fraction of sp³-hybridized carbons (Fsp3) is 0.529. The number of nitrogens with zero attached hydrogens (tertiary/aromatic N) is 1. The molecule has 1 aromatic rings. The minimum absolute atomic E-state index is 0.121. The molecule has 0 radical (unpaired) electrons. The maximum atomic E-state index is 11.4. The van der Waals surface area contributed by atoms with Gasteiger partial charge in [-0.25, -0.2) is 9.59 Å². The summed E-state index contributed by atoms with van der Waals surface area (Å²) < 4.78 is 10.4. The molecule has 0 aliphatic carbocycles. The third-order valence-electron chi connectivity index (χ3n) is 4.03. The van der Waals surface area contributed by atoms with E-state index in [0.29, 0.717) is 25.4 Å². The molecule has 126 valence electrons. The SMILES string of the molecule is CCOC(=O)COc1cc(C2CCCN(C(=O)O)C2)ccc1C. The Balaban J connectivity index is 2.07. The van der Waals surface area contributed by atoms with Crippen LogP contribution in [0.4, 0.5) is 4.79 Å². The number of carbonyl (C=O) groups excluding carboxylic acids is 1. The van der Waals surface area contributed by atoms with E-state index in [2.05, 4.69) is 0 Å². The van der Waals surface area contributed by atoms with Crippen LogP contribution < -0.4 is 4.74 Å². The second kappa shape index (κ2) is 7.85. The molecule has 1 N–H and O–H groups in total.